The molecule has 0 aromatic heterocycles. The van der Waals surface area contributed by atoms with Crippen LogP contribution in [0.15, 0.2) is 34.8 Å². The Bertz CT molecular complexity index is 593. The Hall–Kier alpha value is -0.900. The molecule has 2 nitrogen and oxygen atoms in total. The van der Waals surface area contributed by atoms with Crippen LogP contribution in [-0.4, -0.2) is 5.11 Å². The molecule has 0 aliphatic rings. The Morgan fingerprint density at radius 1 is 1.21 bits per heavy atom. The smallest absolute Gasteiger partial charge is 0.123 e. The minimum Gasteiger partial charge on any atom is -0.507 e. The molecule has 0 saturated heterocycles. The third kappa shape index (κ3) is 3.35. The first kappa shape index (κ1) is 14.5. The van der Waals surface area contributed by atoms with Gasteiger partial charge in [0.2, 0.25) is 0 Å². The highest BCUT2D eigenvalue weighted by Crippen LogP contribution is 2.34. The largest absolute Gasteiger partial charge is 0.507 e. The Morgan fingerprint density at radius 3 is 2.47 bits per heavy atom. The van der Waals surface area contributed by atoms with Gasteiger partial charge in [-0.1, -0.05) is 57.3 Å². The van der Waals surface area contributed by atoms with Gasteiger partial charge in [0.25, 0.3) is 0 Å². The van der Waals surface area contributed by atoms with Crippen molar-refractivity contribution >= 4 is 44.8 Å². The zero-order valence-corrected chi connectivity index (χ0v) is 13.3. The zero-order valence-electron chi connectivity index (χ0n) is 10.2. The summed E-state index contributed by atoms with van der Waals surface area (Å²) in [6.45, 7) is 2.31. The van der Waals surface area contributed by atoms with Crippen LogP contribution in [0.5, 0.6) is 5.75 Å². The van der Waals surface area contributed by atoms with Gasteiger partial charge in [0.1, 0.15) is 5.75 Å². The summed E-state index contributed by atoms with van der Waals surface area (Å²) < 4.78 is 0.825. The quantitative estimate of drug-likeness (QED) is 0.769. The molecule has 2 N–H and O–H groups in total. The average molecular weight is 361 g/mol. The van der Waals surface area contributed by atoms with Crippen molar-refractivity contribution < 1.29 is 5.11 Å². The SMILES string of the molecule is Cc1cccc(CNc2c(Cl)cc(Br)cc2Cl)c1O. The van der Waals surface area contributed by atoms with E-state index in [4.69, 9.17) is 23.2 Å². The van der Waals surface area contributed by atoms with E-state index in [1.807, 2.05) is 25.1 Å². The summed E-state index contributed by atoms with van der Waals surface area (Å²) in [6.07, 6.45) is 0. The molecule has 0 saturated carbocycles. The number of rotatable bonds is 3. The van der Waals surface area contributed by atoms with Crippen molar-refractivity contribution in [1.82, 2.24) is 0 Å². The lowest BCUT2D eigenvalue weighted by Gasteiger charge is -2.12. The van der Waals surface area contributed by atoms with Crippen LogP contribution in [0.1, 0.15) is 11.1 Å². The number of halogens is 3. The molecule has 0 spiro atoms. The molecule has 0 fully saturated rings. The van der Waals surface area contributed by atoms with Crippen molar-refractivity contribution in [2.45, 2.75) is 13.5 Å². The van der Waals surface area contributed by atoms with Gasteiger partial charge in [-0.2, -0.15) is 0 Å². The van der Waals surface area contributed by atoms with Crippen molar-refractivity contribution in [3.8, 4) is 5.75 Å². The topological polar surface area (TPSA) is 32.3 Å². The molecule has 0 amide bonds. The number of aryl methyl sites for hydroxylation is 1. The molecular formula is C14H12BrCl2NO. The Kier molecular flexibility index (Phi) is 4.61. The number of phenolic OH excluding ortho intramolecular Hbond substituents is 1. The van der Waals surface area contributed by atoms with Crippen LogP contribution in [0.25, 0.3) is 0 Å². The van der Waals surface area contributed by atoms with Gasteiger partial charge in [-0.25, -0.2) is 0 Å². The van der Waals surface area contributed by atoms with E-state index in [9.17, 15) is 5.11 Å². The van der Waals surface area contributed by atoms with E-state index >= 15 is 0 Å². The predicted molar refractivity (Wildman–Crippen MR) is 84.3 cm³/mol. The molecular weight excluding hydrogens is 349 g/mol. The Labute approximate surface area is 130 Å². The minimum absolute atomic E-state index is 0.291. The molecule has 2 aromatic carbocycles. The summed E-state index contributed by atoms with van der Waals surface area (Å²) in [5.41, 5.74) is 2.30. The van der Waals surface area contributed by atoms with Crippen molar-refractivity contribution in [3.05, 3.63) is 56.0 Å². The van der Waals surface area contributed by atoms with Crippen LogP contribution in [0.2, 0.25) is 10.0 Å². The summed E-state index contributed by atoms with van der Waals surface area (Å²) in [5.74, 6) is 0.291. The standard InChI is InChI=1S/C14H12BrCl2NO/c1-8-3-2-4-9(14(8)19)7-18-13-11(16)5-10(15)6-12(13)17/h2-6,18-19H,7H2,1H3. The van der Waals surface area contributed by atoms with Gasteiger partial charge in [-0.05, 0) is 24.6 Å². The highest BCUT2D eigenvalue weighted by atomic mass is 79.9. The molecule has 19 heavy (non-hydrogen) atoms. The van der Waals surface area contributed by atoms with Crippen LogP contribution in [0.4, 0.5) is 5.69 Å². The summed E-state index contributed by atoms with van der Waals surface area (Å²) >= 11 is 15.6. The van der Waals surface area contributed by atoms with Gasteiger partial charge >= 0.3 is 0 Å². The normalized spacial score (nSPS) is 10.5. The van der Waals surface area contributed by atoms with Crippen LogP contribution in [0.3, 0.4) is 0 Å². The van der Waals surface area contributed by atoms with E-state index in [1.165, 1.54) is 0 Å². The number of nitrogens with one attached hydrogen (secondary N) is 1. The molecule has 100 valence electrons. The fourth-order valence-electron chi connectivity index (χ4n) is 1.76. The van der Waals surface area contributed by atoms with Gasteiger partial charge in [0.15, 0.2) is 0 Å². The van der Waals surface area contributed by atoms with Gasteiger partial charge in [0.05, 0.1) is 15.7 Å². The number of hydrogen-bond acceptors (Lipinski definition) is 2. The van der Waals surface area contributed by atoms with Crippen molar-refractivity contribution in [2.75, 3.05) is 5.32 Å². The maximum atomic E-state index is 9.94. The van der Waals surface area contributed by atoms with Crippen LogP contribution < -0.4 is 5.32 Å². The lowest BCUT2D eigenvalue weighted by Crippen LogP contribution is -2.01. The van der Waals surface area contributed by atoms with E-state index in [-0.39, 0.29) is 0 Å². The van der Waals surface area contributed by atoms with Crippen LogP contribution >= 0.6 is 39.1 Å². The Morgan fingerprint density at radius 2 is 1.84 bits per heavy atom. The van der Waals surface area contributed by atoms with E-state index in [1.54, 1.807) is 12.1 Å². The average Bonchev–Trinajstić information content (AvgIpc) is 2.33. The molecule has 0 aliphatic carbocycles. The Balaban J connectivity index is 2.22. The van der Waals surface area contributed by atoms with Crippen molar-refractivity contribution in [2.24, 2.45) is 0 Å². The maximum Gasteiger partial charge on any atom is 0.123 e. The lowest BCUT2D eigenvalue weighted by atomic mass is 10.1. The van der Waals surface area contributed by atoms with Crippen LogP contribution in [-0.2, 0) is 6.54 Å². The van der Waals surface area contributed by atoms with Crippen molar-refractivity contribution in [1.29, 1.82) is 0 Å². The molecule has 0 heterocycles. The molecule has 0 radical (unpaired) electrons. The fraction of sp³-hybridized carbons (Fsp3) is 0.143. The number of aromatic hydroxyl groups is 1. The highest BCUT2D eigenvalue weighted by Gasteiger charge is 2.09. The van der Waals surface area contributed by atoms with Crippen LogP contribution in [0, 0.1) is 6.92 Å². The second-order valence-electron chi connectivity index (χ2n) is 4.18. The zero-order chi connectivity index (χ0) is 14.0. The summed E-state index contributed by atoms with van der Waals surface area (Å²) in [6, 6.07) is 9.16. The third-order valence-electron chi connectivity index (χ3n) is 2.78. The predicted octanol–water partition coefficient (Wildman–Crippen LogP) is 5.38. The molecule has 0 aliphatic heterocycles. The number of anilines is 1. The second-order valence-corrected chi connectivity index (χ2v) is 5.91. The van der Waals surface area contributed by atoms with Gasteiger partial charge in [0, 0.05) is 16.6 Å². The van der Waals surface area contributed by atoms with E-state index in [0.717, 1.165) is 15.6 Å². The van der Waals surface area contributed by atoms with E-state index < -0.39 is 0 Å². The maximum absolute atomic E-state index is 9.94. The number of hydrogen-bond donors (Lipinski definition) is 2. The van der Waals surface area contributed by atoms with Gasteiger partial charge in [-0.15, -0.1) is 0 Å². The number of benzene rings is 2. The third-order valence-corrected chi connectivity index (χ3v) is 3.84. The van der Waals surface area contributed by atoms with Gasteiger partial charge in [-0.3, -0.25) is 0 Å². The molecule has 5 heteroatoms. The first-order valence-corrected chi connectivity index (χ1v) is 7.20. The molecule has 0 bridgehead atoms. The summed E-state index contributed by atoms with van der Waals surface area (Å²) in [4.78, 5) is 0. The second kappa shape index (κ2) is 6.04. The van der Waals surface area contributed by atoms with E-state index in [2.05, 4.69) is 21.2 Å². The fourth-order valence-corrected chi connectivity index (χ4v) is 3.10. The minimum atomic E-state index is 0.291. The summed E-state index contributed by atoms with van der Waals surface area (Å²) in [5, 5.41) is 14.2. The number of phenols is 1. The monoisotopic (exact) mass is 359 g/mol. The van der Waals surface area contributed by atoms with Crippen molar-refractivity contribution in [3.63, 3.8) is 0 Å². The highest BCUT2D eigenvalue weighted by molar-refractivity contribution is 9.10. The molecule has 0 atom stereocenters. The first-order valence-electron chi connectivity index (χ1n) is 5.65. The molecule has 0 unspecified atom stereocenters. The van der Waals surface area contributed by atoms with Gasteiger partial charge < -0.3 is 10.4 Å². The number of para-hydroxylation sites is 1. The first-order chi connectivity index (χ1) is 8.99. The summed E-state index contributed by atoms with van der Waals surface area (Å²) in [7, 11) is 0. The molecule has 2 rings (SSSR count). The lowest BCUT2D eigenvalue weighted by molar-refractivity contribution is 0.465. The molecule has 2 aromatic rings. The van der Waals surface area contributed by atoms with E-state index in [0.29, 0.717) is 28.0 Å².